The summed E-state index contributed by atoms with van der Waals surface area (Å²) in [4.78, 5) is 13.7. The molecule has 1 fully saturated rings. The number of likely N-dealkylation sites (N-methyl/N-ethyl adjacent to an activating group) is 1. The SMILES string of the molecule is CC(CN)N(C)C(=O)C1CC1c1cccc(F)c1F. The topological polar surface area (TPSA) is 46.3 Å². The minimum Gasteiger partial charge on any atom is -0.342 e. The second-order valence-corrected chi connectivity index (χ2v) is 5.13. The highest BCUT2D eigenvalue weighted by molar-refractivity contribution is 5.83. The van der Waals surface area contributed by atoms with Crippen LogP contribution in [0.1, 0.15) is 24.8 Å². The normalized spacial score (nSPS) is 23.0. The van der Waals surface area contributed by atoms with E-state index in [4.69, 9.17) is 5.73 Å². The van der Waals surface area contributed by atoms with Gasteiger partial charge in [-0.2, -0.15) is 0 Å². The van der Waals surface area contributed by atoms with Crippen molar-refractivity contribution in [2.45, 2.75) is 25.3 Å². The summed E-state index contributed by atoms with van der Waals surface area (Å²) in [5.74, 6) is -2.21. The zero-order valence-corrected chi connectivity index (χ0v) is 11.1. The van der Waals surface area contributed by atoms with E-state index < -0.39 is 11.6 Å². The Kier molecular flexibility index (Phi) is 3.85. The molecule has 0 bridgehead atoms. The highest BCUT2D eigenvalue weighted by atomic mass is 19.2. The molecule has 2 N–H and O–H groups in total. The predicted octanol–water partition coefficient (Wildman–Crippen LogP) is 1.87. The third-order valence-corrected chi connectivity index (χ3v) is 3.84. The van der Waals surface area contributed by atoms with Gasteiger partial charge in [-0.3, -0.25) is 4.79 Å². The van der Waals surface area contributed by atoms with Crippen LogP contribution in [0.5, 0.6) is 0 Å². The lowest BCUT2D eigenvalue weighted by Gasteiger charge is -2.23. The Labute approximate surface area is 111 Å². The molecule has 5 heteroatoms. The fourth-order valence-corrected chi connectivity index (χ4v) is 2.26. The number of carbonyl (C=O) groups excluding carboxylic acids is 1. The van der Waals surface area contributed by atoms with E-state index in [0.29, 0.717) is 18.5 Å². The second kappa shape index (κ2) is 5.25. The minimum absolute atomic E-state index is 0.0494. The van der Waals surface area contributed by atoms with Gasteiger partial charge in [0.05, 0.1) is 0 Å². The lowest BCUT2D eigenvalue weighted by molar-refractivity contribution is -0.133. The van der Waals surface area contributed by atoms with Gasteiger partial charge in [0.15, 0.2) is 11.6 Å². The van der Waals surface area contributed by atoms with Crippen molar-refractivity contribution in [3.8, 4) is 0 Å². The smallest absolute Gasteiger partial charge is 0.226 e. The van der Waals surface area contributed by atoms with Crippen molar-refractivity contribution in [1.82, 2.24) is 4.90 Å². The van der Waals surface area contributed by atoms with E-state index >= 15 is 0 Å². The number of nitrogens with zero attached hydrogens (tertiary/aromatic N) is 1. The first-order chi connectivity index (χ1) is 8.97. The van der Waals surface area contributed by atoms with Crippen LogP contribution < -0.4 is 5.73 Å². The third kappa shape index (κ3) is 2.61. The zero-order valence-electron chi connectivity index (χ0n) is 11.1. The van der Waals surface area contributed by atoms with Gasteiger partial charge in [0.1, 0.15) is 0 Å². The summed E-state index contributed by atoms with van der Waals surface area (Å²) < 4.78 is 26.8. The van der Waals surface area contributed by atoms with Crippen LogP contribution in [0.15, 0.2) is 18.2 Å². The van der Waals surface area contributed by atoms with Crippen LogP contribution in [0.25, 0.3) is 0 Å². The van der Waals surface area contributed by atoms with Crippen LogP contribution in [0.4, 0.5) is 8.78 Å². The first-order valence-corrected chi connectivity index (χ1v) is 6.38. The summed E-state index contributed by atoms with van der Waals surface area (Å²) in [5, 5.41) is 0. The Morgan fingerprint density at radius 3 is 2.84 bits per heavy atom. The Hall–Kier alpha value is -1.49. The number of halogens is 2. The fourth-order valence-electron chi connectivity index (χ4n) is 2.26. The van der Waals surface area contributed by atoms with E-state index in [1.165, 1.54) is 6.07 Å². The van der Waals surface area contributed by atoms with Gasteiger partial charge in [-0.05, 0) is 30.9 Å². The molecule has 0 aromatic heterocycles. The Morgan fingerprint density at radius 1 is 1.53 bits per heavy atom. The molecule has 0 spiro atoms. The molecule has 0 radical (unpaired) electrons. The van der Waals surface area contributed by atoms with E-state index in [2.05, 4.69) is 0 Å². The molecule has 3 unspecified atom stereocenters. The molecule has 3 atom stereocenters. The van der Waals surface area contributed by atoms with Crippen molar-refractivity contribution in [2.75, 3.05) is 13.6 Å². The van der Waals surface area contributed by atoms with Crippen molar-refractivity contribution in [3.63, 3.8) is 0 Å². The summed E-state index contributed by atoms with van der Waals surface area (Å²) in [6.07, 6.45) is 0.570. The van der Waals surface area contributed by atoms with E-state index in [1.807, 2.05) is 6.92 Å². The molecule has 19 heavy (non-hydrogen) atoms. The van der Waals surface area contributed by atoms with Gasteiger partial charge < -0.3 is 10.6 Å². The maximum atomic E-state index is 13.6. The van der Waals surface area contributed by atoms with E-state index in [0.717, 1.165) is 6.07 Å². The maximum Gasteiger partial charge on any atom is 0.226 e. The molecule has 2 rings (SSSR count). The van der Waals surface area contributed by atoms with Crippen LogP contribution in [-0.2, 0) is 4.79 Å². The molecular weight excluding hydrogens is 250 g/mol. The largest absolute Gasteiger partial charge is 0.342 e. The minimum atomic E-state index is -0.862. The van der Waals surface area contributed by atoms with Gasteiger partial charge >= 0.3 is 0 Å². The van der Waals surface area contributed by atoms with Gasteiger partial charge in [0.25, 0.3) is 0 Å². The first kappa shape index (κ1) is 13.9. The quantitative estimate of drug-likeness (QED) is 0.906. The first-order valence-electron chi connectivity index (χ1n) is 6.38. The fraction of sp³-hybridized carbons (Fsp3) is 0.500. The molecule has 0 saturated heterocycles. The van der Waals surface area contributed by atoms with Gasteiger partial charge in [-0.25, -0.2) is 8.78 Å². The lowest BCUT2D eigenvalue weighted by Crippen LogP contribution is -2.40. The monoisotopic (exact) mass is 268 g/mol. The maximum absolute atomic E-state index is 13.6. The number of rotatable bonds is 4. The Morgan fingerprint density at radius 2 is 2.21 bits per heavy atom. The molecule has 1 aromatic carbocycles. The predicted molar refractivity (Wildman–Crippen MR) is 68.5 cm³/mol. The molecule has 3 nitrogen and oxygen atoms in total. The Bertz CT molecular complexity index is 492. The van der Waals surface area contributed by atoms with E-state index in [-0.39, 0.29) is 23.8 Å². The van der Waals surface area contributed by atoms with Crippen LogP contribution in [0.3, 0.4) is 0 Å². The van der Waals surface area contributed by atoms with Crippen LogP contribution in [0, 0.1) is 17.6 Å². The molecule has 0 aliphatic heterocycles. The molecule has 0 heterocycles. The summed E-state index contributed by atoms with van der Waals surface area (Å²) in [6.45, 7) is 2.24. The van der Waals surface area contributed by atoms with E-state index in [1.54, 1.807) is 18.0 Å². The van der Waals surface area contributed by atoms with Crippen molar-refractivity contribution < 1.29 is 13.6 Å². The van der Waals surface area contributed by atoms with Crippen molar-refractivity contribution in [2.24, 2.45) is 11.7 Å². The number of nitrogens with two attached hydrogens (primary N) is 1. The highest BCUT2D eigenvalue weighted by Gasteiger charge is 2.47. The van der Waals surface area contributed by atoms with Gasteiger partial charge in [-0.1, -0.05) is 12.1 Å². The van der Waals surface area contributed by atoms with Crippen molar-refractivity contribution in [3.05, 3.63) is 35.4 Å². The van der Waals surface area contributed by atoms with Gasteiger partial charge in [0.2, 0.25) is 5.91 Å². The van der Waals surface area contributed by atoms with Crippen LogP contribution >= 0.6 is 0 Å². The van der Waals surface area contributed by atoms with Crippen molar-refractivity contribution >= 4 is 5.91 Å². The molecule has 1 amide bonds. The molecule has 104 valence electrons. The summed E-state index contributed by atoms with van der Waals surface area (Å²) in [7, 11) is 1.69. The average molecular weight is 268 g/mol. The molecule has 1 aromatic rings. The summed E-state index contributed by atoms with van der Waals surface area (Å²) in [5.41, 5.74) is 5.82. The second-order valence-electron chi connectivity index (χ2n) is 5.13. The Balaban J connectivity index is 2.09. The van der Waals surface area contributed by atoms with E-state index in [9.17, 15) is 13.6 Å². The lowest BCUT2D eigenvalue weighted by atomic mass is 10.1. The molecule has 1 saturated carbocycles. The van der Waals surface area contributed by atoms with Crippen LogP contribution in [-0.4, -0.2) is 30.4 Å². The standard InChI is InChI=1S/C14H18F2N2O/c1-8(7-17)18(2)14(19)11-6-10(11)9-4-3-5-12(15)13(9)16/h3-5,8,10-11H,6-7,17H2,1-2H3. The summed E-state index contributed by atoms with van der Waals surface area (Å²) >= 11 is 0. The number of carbonyl (C=O) groups is 1. The molecule has 1 aliphatic rings. The van der Waals surface area contributed by atoms with Gasteiger partial charge in [-0.15, -0.1) is 0 Å². The summed E-state index contributed by atoms with van der Waals surface area (Å²) in [6, 6.07) is 4.05. The zero-order chi connectivity index (χ0) is 14.2. The van der Waals surface area contributed by atoms with Crippen LogP contribution in [0.2, 0.25) is 0 Å². The average Bonchev–Trinajstić information content (AvgIpc) is 3.19. The van der Waals surface area contributed by atoms with Crippen molar-refractivity contribution in [1.29, 1.82) is 0 Å². The molecule has 1 aliphatic carbocycles. The number of hydrogen-bond donors (Lipinski definition) is 1. The highest BCUT2D eigenvalue weighted by Crippen LogP contribution is 2.49. The third-order valence-electron chi connectivity index (χ3n) is 3.84. The number of hydrogen-bond acceptors (Lipinski definition) is 2. The molecular formula is C14H18F2N2O. The number of benzene rings is 1. The van der Waals surface area contributed by atoms with Gasteiger partial charge in [0, 0.05) is 25.6 Å². The number of amides is 1.